The molecule has 1 aromatic carbocycles. The Bertz CT molecular complexity index is 528. The van der Waals surface area contributed by atoms with Crippen molar-refractivity contribution >= 4 is 5.69 Å². The molecule has 104 valence electrons. The first-order valence-corrected chi connectivity index (χ1v) is 7.25. The molecule has 2 aromatic rings. The van der Waals surface area contributed by atoms with E-state index < -0.39 is 0 Å². The number of benzene rings is 1. The second-order valence-electron chi connectivity index (χ2n) is 5.41. The molecule has 0 atom stereocenters. The van der Waals surface area contributed by atoms with Gasteiger partial charge in [-0.15, -0.1) is 0 Å². The summed E-state index contributed by atoms with van der Waals surface area (Å²) in [4.78, 5) is 9.33. The van der Waals surface area contributed by atoms with E-state index in [0.29, 0.717) is 0 Å². The minimum Gasteiger partial charge on any atom is -0.368 e. The van der Waals surface area contributed by atoms with Gasteiger partial charge < -0.3 is 4.90 Å². The Morgan fingerprint density at radius 1 is 0.950 bits per heavy atom. The molecule has 0 unspecified atom stereocenters. The van der Waals surface area contributed by atoms with Gasteiger partial charge in [-0.05, 0) is 24.6 Å². The number of rotatable bonds is 3. The summed E-state index contributed by atoms with van der Waals surface area (Å²) in [6.45, 7) is 7.48. The van der Waals surface area contributed by atoms with Crippen molar-refractivity contribution in [1.82, 2.24) is 9.88 Å². The Labute approximate surface area is 120 Å². The number of nitrogens with zero attached hydrogens (tertiary/aromatic N) is 3. The van der Waals surface area contributed by atoms with Crippen molar-refractivity contribution in [3.63, 3.8) is 0 Å². The van der Waals surface area contributed by atoms with Crippen molar-refractivity contribution in [2.75, 3.05) is 31.1 Å². The maximum Gasteiger partial charge on any atom is 0.0553 e. The third-order valence-corrected chi connectivity index (χ3v) is 3.88. The molecule has 2 heterocycles. The SMILES string of the molecule is Cc1ccc(N2CCN(Cc3ccccc3)CC2)cn1. The fourth-order valence-corrected chi connectivity index (χ4v) is 2.65. The molecule has 0 N–H and O–H groups in total. The highest BCUT2D eigenvalue weighted by Crippen LogP contribution is 2.16. The van der Waals surface area contributed by atoms with Gasteiger partial charge >= 0.3 is 0 Å². The molecule has 0 aliphatic carbocycles. The van der Waals surface area contributed by atoms with Gasteiger partial charge in [0.05, 0.1) is 11.9 Å². The van der Waals surface area contributed by atoms with Gasteiger partial charge in [-0.3, -0.25) is 9.88 Å². The number of hydrogen-bond acceptors (Lipinski definition) is 3. The third kappa shape index (κ3) is 3.17. The highest BCUT2D eigenvalue weighted by atomic mass is 15.3. The molecule has 3 rings (SSSR count). The van der Waals surface area contributed by atoms with Crippen LogP contribution in [0.25, 0.3) is 0 Å². The van der Waals surface area contributed by atoms with Crippen LogP contribution in [0.4, 0.5) is 5.69 Å². The Hall–Kier alpha value is -1.87. The molecule has 1 saturated heterocycles. The van der Waals surface area contributed by atoms with Gasteiger partial charge in [0.1, 0.15) is 0 Å². The monoisotopic (exact) mass is 267 g/mol. The predicted octanol–water partition coefficient (Wildman–Crippen LogP) is 2.71. The van der Waals surface area contributed by atoms with Crippen LogP contribution in [0, 0.1) is 6.92 Å². The van der Waals surface area contributed by atoms with Crippen LogP contribution in [-0.2, 0) is 6.54 Å². The zero-order valence-electron chi connectivity index (χ0n) is 12.0. The van der Waals surface area contributed by atoms with Crippen LogP contribution < -0.4 is 4.90 Å². The van der Waals surface area contributed by atoms with Crippen molar-refractivity contribution in [3.8, 4) is 0 Å². The average Bonchev–Trinajstić information content (AvgIpc) is 2.50. The summed E-state index contributed by atoms with van der Waals surface area (Å²) in [7, 11) is 0. The van der Waals surface area contributed by atoms with Crippen LogP contribution in [0.2, 0.25) is 0 Å². The first kappa shape index (κ1) is 13.1. The largest absolute Gasteiger partial charge is 0.368 e. The normalized spacial score (nSPS) is 16.4. The van der Waals surface area contributed by atoms with E-state index in [1.165, 1.54) is 11.3 Å². The summed E-state index contributed by atoms with van der Waals surface area (Å²) < 4.78 is 0. The highest BCUT2D eigenvalue weighted by molar-refractivity contribution is 5.44. The van der Waals surface area contributed by atoms with Crippen LogP contribution in [0.5, 0.6) is 0 Å². The van der Waals surface area contributed by atoms with E-state index in [1.54, 1.807) is 0 Å². The zero-order valence-corrected chi connectivity index (χ0v) is 12.0. The van der Waals surface area contributed by atoms with Crippen molar-refractivity contribution in [3.05, 3.63) is 59.9 Å². The number of anilines is 1. The Balaban J connectivity index is 1.55. The van der Waals surface area contributed by atoms with Crippen molar-refractivity contribution in [2.45, 2.75) is 13.5 Å². The molecule has 0 saturated carbocycles. The number of piperazine rings is 1. The molecule has 1 aliphatic rings. The Morgan fingerprint density at radius 3 is 2.35 bits per heavy atom. The predicted molar refractivity (Wildman–Crippen MR) is 82.9 cm³/mol. The summed E-state index contributed by atoms with van der Waals surface area (Å²) in [5.74, 6) is 0. The van der Waals surface area contributed by atoms with Gasteiger partial charge in [0.25, 0.3) is 0 Å². The molecule has 0 bridgehead atoms. The van der Waals surface area contributed by atoms with Gasteiger partial charge in [0, 0.05) is 38.4 Å². The summed E-state index contributed by atoms with van der Waals surface area (Å²) in [5.41, 5.74) is 3.73. The minimum absolute atomic E-state index is 1.06. The van der Waals surface area contributed by atoms with Crippen molar-refractivity contribution in [1.29, 1.82) is 0 Å². The second-order valence-corrected chi connectivity index (χ2v) is 5.41. The number of hydrogen-bond donors (Lipinski definition) is 0. The van der Waals surface area contributed by atoms with Gasteiger partial charge in [-0.1, -0.05) is 30.3 Å². The van der Waals surface area contributed by atoms with Crippen molar-refractivity contribution in [2.24, 2.45) is 0 Å². The van der Waals surface area contributed by atoms with E-state index in [1.807, 2.05) is 13.1 Å². The molecule has 1 aromatic heterocycles. The molecular weight excluding hydrogens is 246 g/mol. The second kappa shape index (κ2) is 6.06. The lowest BCUT2D eigenvalue weighted by Gasteiger charge is -2.36. The third-order valence-electron chi connectivity index (χ3n) is 3.88. The zero-order chi connectivity index (χ0) is 13.8. The molecule has 20 heavy (non-hydrogen) atoms. The Morgan fingerprint density at radius 2 is 1.70 bits per heavy atom. The molecular formula is C17H21N3. The van der Waals surface area contributed by atoms with Crippen LogP contribution in [0.1, 0.15) is 11.3 Å². The van der Waals surface area contributed by atoms with Gasteiger partial charge in [0.2, 0.25) is 0 Å². The summed E-state index contributed by atoms with van der Waals surface area (Å²) in [5, 5.41) is 0. The lowest BCUT2D eigenvalue weighted by Crippen LogP contribution is -2.46. The van der Waals surface area contributed by atoms with E-state index >= 15 is 0 Å². The van der Waals surface area contributed by atoms with Crippen LogP contribution in [-0.4, -0.2) is 36.1 Å². The van der Waals surface area contributed by atoms with E-state index in [0.717, 1.165) is 38.4 Å². The van der Waals surface area contributed by atoms with Crippen LogP contribution >= 0.6 is 0 Å². The summed E-state index contributed by atoms with van der Waals surface area (Å²) in [6, 6.07) is 15.0. The smallest absolute Gasteiger partial charge is 0.0553 e. The van der Waals surface area contributed by atoms with E-state index in [-0.39, 0.29) is 0 Å². The highest BCUT2D eigenvalue weighted by Gasteiger charge is 2.17. The number of aryl methyl sites for hydroxylation is 1. The van der Waals surface area contributed by atoms with Crippen LogP contribution in [0.3, 0.4) is 0 Å². The Kier molecular flexibility index (Phi) is 3.97. The first-order valence-electron chi connectivity index (χ1n) is 7.25. The quantitative estimate of drug-likeness (QED) is 0.852. The average molecular weight is 267 g/mol. The maximum atomic E-state index is 4.39. The molecule has 3 heteroatoms. The molecule has 0 amide bonds. The van der Waals surface area contributed by atoms with E-state index in [9.17, 15) is 0 Å². The maximum absolute atomic E-state index is 4.39. The lowest BCUT2D eigenvalue weighted by atomic mass is 10.2. The van der Waals surface area contributed by atoms with Crippen molar-refractivity contribution < 1.29 is 0 Å². The molecule has 0 spiro atoms. The number of pyridine rings is 1. The van der Waals surface area contributed by atoms with E-state index in [4.69, 9.17) is 0 Å². The van der Waals surface area contributed by atoms with Gasteiger partial charge in [-0.25, -0.2) is 0 Å². The fourth-order valence-electron chi connectivity index (χ4n) is 2.65. The fraction of sp³-hybridized carbons (Fsp3) is 0.353. The lowest BCUT2D eigenvalue weighted by molar-refractivity contribution is 0.250. The van der Waals surface area contributed by atoms with Crippen LogP contribution in [0.15, 0.2) is 48.7 Å². The first-order chi connectivity index (χ1) is 9.81. The number of aromatic nitrogens is 1. The topological polar surface area (TPSA) is 19.4 Å². The standard InChI is InChI=1S/C17H21N3/c1-15-7-8-17(13-18-15)20-11-9-19(10-12-20)14-16-5-3-2-4-6-16/h2-8,13H,9-12,14H2,1H3. The summed E-state index contributed by atoms with van der Waals surface area (Å²) in [6.07, 6.45) is 1.99. The molecule has 1 fully saturated rings. The molecule has 0 radical (unpaired) electrons. The van der Waals surface area contributed by atoms with Gasteiger partial charge in [0.15, 0.2) is 0 Å². The summed E-state index contributed by atoms with van der Waals surface area (Å²) >= 11 is 0. The minimum atomic E-state index is 1.06. The molecule has 1 aliphatic heterocycles. The molecule has 3 nitrogen and oxygen atoms in total. The van der Waals surface area contributed by atoms with Gasteiger partial charge in [-0.2, -0.15) is 0 Å². The van der Waals surface area contributed by atoms with E-state index in [2.05, 4.69) is 57.2 Å².